The van der Waals surface area contributed by atoms with Crippen LogP contribution in [0.25, 0.3) is 0 Å². The molecule has 0 spiro atoms. The fourth-order valence-electron chi connectivity index (χ4n) is 1.47. The minimum absolute atomic E-state index is 0.0515. The lowest BCUT2D eigenvalue weighted by Crippen LogP contribution is -2.21. The van der Waals surface area contributed by atoms with Gasteiger partial charge < -0.3 is 10.8 Å². The first-order chi connectivity index (χ1) is 7.75. The van der Waals surface area contributed by atoms with Crippen LogP contribution in [0.1, 0.15) is 54.5 Å². The molecule has 0 aromatic carbocycles. The van der Waals surface area contributed by atoms with Crippen molar-refractivity contribution in [3.8, 4) is 0 Å². The normalized spacial score (nSPS) is 13.7. The van der Waals surface area contributed by atoms with Crippen LogP contribution in [0.2, 0.25) is 0 Å². The lowest BCUT2D eigenvalue weighted by molar-refractivity contribution is 0.0699. The lowest BCUT2D eigenvalue weighted by Gasteiger charge is -2.16. The summed E-state index contributed by atoms with van der Waals surface area (Å²) in [6.45, 7) is 7.93. The highest BCUT2D eigenvalue weighted by atomic mass is 32.1. The van der Waals surface area contributed by atoms with E-state index in [1.165, 1.54) is 11.3 Å². The van der Waals surface area contributed by atoms with Crippen LogP contribution in [0, 0.1) is 0 Å². The van der Waals surface area contributed by atoms with Crippen molar-refractivity contribution in [2.45, 2.75) is 52.0 Å². The summed E-state index contributed by atoms with van der Waals surface area (Å²) in [6.07, 6.45) is 1.52. The van der Waals surface area contributed by atoms with Gasteiger partial charge in [-0.2, -0.15) is 0 Å². The summed E-state index contributed by atoms with van der Waals surface area (Å²) in [5.41, 5.74) is 6.28. The molecule has 0 bridgehead atoms. The number of thiazole rings is 1. The average Bonchev–Trinajstić information content (AvgIpc) is 2.61. The molecule has 0 fully saturated rings. The SMILES string of the molecule is CCC(N)Cc1nc(C(C)(C)C)c(C(=O)O)s1. The molecule has 0 radical (unpaired) electrons. The Kier molecular flexibility index (Phi) is 4.27. The zero-order valence-corrected chi connectivity index (χ0v) is 11.6. The van der Waals surface area contributed by atoms with Crippen LogP contribution < -0.4 is 5.73 Å². The quantitative estimate of drug-likeness (QED) is 0.867. The van der Waals surface area contributed by atoms with Crippen molar-refractivity contribution in [2.75, 3.05) is 0 Å². The molecular formula is C12H20N2O2S. The second-order valence-electron chi connectivity index (χ2n) is 5.21. The van der Waals surface area contributed by atoms with Gasteiger partial charge in [0.1, 0.15) is 4.88 Å². The molecule has 3 N–H and O–H groups in total. The van der Waals surface area contributed by atoms with Crippen molar-refractivity contribution >= 4 is 17.3 Å². The highest BCUT2D eigenvalue weighted by Gasteiger charge is 2.27. The predicted molar refractivity (Wildman–Crippen MR) is 69.7 cm³/mol. The maximum Gasteiger partial charge on any atom is 0.347 e. The molecule has 1 atom stereocenters. The number of carboxylic acid groups (broad SMARTS) is 1. The molecule has 0 aliphatic rings. The number of nitrogens with two attached hydrogens (primary N) is 1. The molecule has 0 amide bonds. The maximum atomic E-state index is 11.2. The molecule has 1 aromatic rings. The van der Waals surface area contributed by atoms with Gasteiger partial charge in [-0.15, -0.1) is 11.3 Å². The number of carbonyl (C=O) groups is 1. The molecule has 0 aliphatic carbocycles. The van der Waals surface area contributed by atoms with E-state index in [2.05, 4.69) is 4.98 Å². The Labute approximate surface area is 106 Å². The van der Waals surface area contributed by atoms with Crippen molar-refractivity contribution in [2.24, 2.45) is 5.73 Å². The van der Waals surface area contributed by atoms with Crippen LogP contribution in [-0.4, -0.2) is 22.1 Å². The number of hydrogen-bond acceptors (Lipinski definition) is 4. The number of aromatic carboxylic acids is 1. The van der Waals surface area contributed by atoms with Crippen LogP contribution in [0.3, 0.4) is 0 Å². The van der Waals surface area contributed by atoms with Crippen LogP contribution >= 0.6 is 11.3 Å². The van der Waals surface area contributed by atoms with E-state index < -0.39 is 5.97 Å². The van der Waals surface area contributed by atoms with Gasteiger partial charge in [0.15, 0.2) is 0 Å². The third-order valence-electron chi connectivity index (χ3n) is 2.54. The van der Waals surface area contributed by atoms with E-state index in [-0.39, 0.29) is 11.5 Å². The van der Waals surface area contributed by atoms with Gasteiger partial charge >= 0.3 is 5.97 Å². The molecule has 0 saturated carbocycles. The summed E-state index contributed by atoms with van der Waals surface area (Å²) in [4.78, 5) is 16.0. The highest BCUT2D eigenvalue weighted by molar-refractivity contribution is 7.13. The van der Waals surface area contributed by atoms with E-state index in [1.54, 1.807) is 0 Å². The fourth-order valence-corrected chi connectivity index (χ4v) is 2.68. The summed E-state index contributed by atoms with van der Waals surface area (Å²) in [7, 11) is 0. The van der Waals surface area contributed by atoms with E-state index in [0.717, 1.165) is 11.4 Å². The molecule has 0 aliphatic heterocycles. The summed E-state index contributed by atoms with van der Waals surface area (Å²) in [5, 5.41) is 9.99. The Hall–Kier alpha value is -0.940. The van der Waals surface area contributed by atoms with Crippen molar-refractivity contribution in [3.05, 3.63) is 15.6 Å². The Morgan fingerprint density at radius 2 is 2.12 bits per heavy atom. The van der Waals surface area contributed by atoms with Gasteiger partial charge in [0.05, 0.1) is 10.7 Å². The van der Waals surface area contributed by atoms with Gasteiger partial charge in [0.25, 0.3) is 0 Å². The topological polar surface area (TPSA) is 76.2 Å². The second-order valence-corrected chi connectivity index (χ2v) is 6.30. The van der Waals surface area contributed by atoms with E-state index in [0.29, 0.717) is 17.0 Å². The molecule has 5 heteroatoms. The van der Waals surface area contributed by atoms with Gasteiger partial charge in [-0.05, 0) is 6.42 Å². The highest BCUT2D eigenvalue weighted by Crippen LogP contribution is 2.30. The minimum atomic E-state index is -0.899. The van der Waals surface area contributed by atoms with Gasteiger partial charge in [0, 0.05) is 17.9 Å². The Balaban J connectivity index is 3.09. The number of nitrogens with zero attached hydrogens (tertiary/aromatic N) is 1. The second kappa shape index (κ2) is 5.14. The summed E-state index contributed by atoms with van der Waals surface area (Å²) in [6, 6.07) is 0.0515. The monoisotopic (exact) mass is 256 g/mol. The van der Waals surface area contributed by atoms with Gasteiger partial charge in [-0.1, -0.05) is 27.7 Å². The first-order valence-corrected chi connectivity index (χ1v) is 6.56. The average molecular weight is 256 g/mol. The van der Waals surface area contributed by atoms with Crippen LogP contribution in [-0.2, 0) is 11.8 Å². The Bertz CT molecular complexity index is 407. The molecule has 1 aromatic heterocycles. The van der Waals surface area contributed by atoms with Crippen molar-refractivity contribution in [3.63, 3.8) is 0 Å². The molecule has 1 heterocycles. The molecule has 1 unspecified atom stereocenters. The number of hydrogen-bond donors (Lipinski definition) is 2. The van der Waals surface area contributed by atoms with Gasteiger partial charge in [-0.25, -0.2) is 9.78 Å². The van der Waals surface area contributed by atoms with E-state index in [9.17, 15) is 9.90 Å². The summed E-state index contributed by atoms with van der Waals surface area (Å²) < 4.78 is 0. The first kappa shape index (κ1) is 14.1. The van der Waals surface area contributed by atoms with Crippen LogP contribution in [0.15, 0.2) is 0 Å². The molecule has 96 valence electrons. The smallest absolute Gasteiger partial charge is 0.347 e. The third kappa shape index (κ3) is 3.51. The van der Waals surface area contributed by atoms with E-state index in [1.807, 2.05) is 27.7 Å². The molecule has 17 heavy (non-hydrogen) atoms. The van der Waals surface area contributed by atoms with Crippen molar-refractivity contribution < 1.29 is 9.90 Å². The lowest BCUT2D eigenvalue weighted by atomic mass is 9.91. The van der Waals surface area contributed by atoms with Crippen LogP contribution in [0.5, 0.6) is 0 Å². The first-order valence-electron chi connectivity index (χ1n) is 5.74. The number of carboxylic acids is 1. The van der Waals surface area contributed by atoms with Gasteiger partial charge in [-0.3, -0.25) is 0 Å². The Morgan fingerprint density at radius 1 is 1.53 bits per heavy atom. The van der Waals surface area contributed by atoms with E-state index >= 15 is 0 Å². The summed E-state index contributed by atoms with van der Waals surface area (Å²) in [5.74, 6) is -0.899. The molecule has 1 rings (SSSR count). The third-order valence-corrected chi connectivity index (χ3v) is 3.60. The number of aromatic nitrogens is 1. The van der Waals surface area contributed by atoms with Gasteiger partial charge in [0.2, 0.25) is 0 Å². The maximum absolute atomic E-state index is 11.2. The summed E-state index contributed by atoms with van der Waals surface area (Å²) >= 11 is 1.25. The largest absolute Gasteiger partial charge is 0.477 e. The molecular weight excluding hydrogens is 236 g/mol. The molecule has 4 nitrogen and oxygen atoms in total. The van der Waals surface area contributed by atoms with Crippen molar-refractivity contribution in [1.29, 1.82) is 0 Å². The fraction of sp³-hybridized carbons (Fsp3) is 0.667. The number of rotatable bonds is 4. The standard InChI is InChI=1S/C12H20N2O2S/c1-5-7(13)6-8-14-10(12(2,3)4)9(17-8)11(15)16/h7H,5-6,13H2,1-4H3,(H,15,16). The van der Waals surface area contributed by atoms with E-state index in [4.69, 9.17) is 5.73 Å². The van der Waals surface area contributed by atoms with Crippen LogP contribution in [0.4, 0.5) is 0 Å². The minimum Gasteiger partial charge on any atom is -0.477 e. The molecule has 0 saturated heterocycles. The zero-order valence-electron chi connectivity index (χ0n) is 10.8. The zero-order chi connectivity index (χ0) is 13.2. The predicted octanol–water partition coefficient (Wildman–Crippen LogP) is 2.42. The Morgan fingerprint density at radius 3 is 2.47 bits per heavy atom. The van der Waals surface area contributed by atoms with Crippen molar-refractivity contribution in [1.82, 2.24) is 4.98 Å².